The van der Waals surface area contributed by atoms with E-state index < -0.39 is 0 Å². The molecule has 0 amide bonds. The molecule has 1 fully saturated rings. The summed E-state index contributed by atoms with van der Waals surface area (Å²) in [5, 5.41) is 9.39. The third-order valence-corrected chi connectivity index (χ3v) is 4.00. The molecule has 0 aromatic heterocycles. The van der Waals surface area contributed by atoms with Gasteiger partial charge in [-0.1, -0.05) is 38.0 Å². The predicted molar refractivity (Wildman–Crippen MR) is 72.2 cm³/mol. The van der Waals surface area contributed by atoms with Crippen molar-refractivity contribution >= 4 is 5.69 Å². The van der Waals surface area contributed by atoms with Gasteiger partial charge in [0.25, 0.3) is 0 Å². The monoisotopic (exact) mass is 233 g/mol. The zero-order valence-corrected chi connectivity index (χ0v) is 10.9. The van der Waals surface area contributed by atoms with Crippen molar-refractivity contribution in [2.75, 3.05) is 11.9 Å². The zero-order chi connectivity index (χ0) is 12.3. The lowest BCUT2D eigenvalue weighted by atomic mass is 9.86. The number of anilines is 1. The summed E-state index contributed by atoms with van der Waals surface area (Å²) in [6.07, 6.45) is 5.25. The molecule has 0 bridgehead atoms. The van der Waals surface area contributed by atoms with Gasteiger partial charge in [0.05, 0.1) is 6.61 Å². The molecule has 1 N–H and O–H groups in total. The standard InChI is InChI=1S/C15H23NO/c1-12-6-5-8-14(10-12)16(2)15-9-4-3-7-13(15)11-17/h3-4,7,9,12,14,17H,5-6,8,10-11H2,1-2H3. The van der Waals surface area contributed by atoms with Crippen LogP contribution in [0.5, 0.6) is 0 Å². The third kappa shape index (κ3) is 2.81. The van der Waals surface area contributed by atoms with Gasteiger partial charge in [0, 0.05) is 24.3 Å². The van der Waals surface area contributed by atoms with Crippen LogP contribution in [0.4, 0.5) is 5.69 Å². The first kappa shape index (κ1) is 12.4. The lowest BCUT2D eigenvalue weighted by Crippen LogP contribution is -2.36. The second-order valence-corrected chi connectivity index (χ2v) is 5.32. The van der Waals surface area contributed by atoms with Crippen molar-refractivity contribution in [1.82, 2.24) is 0 Å². The highest BCUT2D eigenvalue weighted by Gasteiger charge is 2.23. The quantitative estimate of drug-likeness (QED) is 0.866. The van der Waals surface area contributed by atoms with Crippen molar-refractivity contribution in [2.24, 2.45) is 5.92 Å². The fourth-order valence-electron chi connectivity index (χ4n) is 2.94. The summed E-state index contributed by atoms with van der Waals surface area (Å²) in [4.78, 5) is 2.36. The Morgan fingerprint density at radius 3 is 2.76 bits per heavy atom. The SMILES string of the molecule is CC1CCCC(N(C)c2ccccc2CO)C1. The number of hydrogen-bond acceptors (Lipinski definition) is 2. The highest BCUT2D eigenvalue weighted by molar-refractivity contribution is 5.53. The maximum atomic E-state index is 9.39. The first-order valence-electron chi connectivity index (χ1n) is 6.64. The number of aliphatic hydroxyl groups is 1. The van der Waals surface area contributed by atoms with Crippen LogP contribution in [-0.4, -0.2) is 18.2 Å². The highest BCUT2D eigenvalue weighted by Crippen LogP contribution is 2.31. The summed E-state index contributed by atoms with van der Waals surface area (Å²) >= 11 is 0. The predicted octanol–water partition coefficient (Wildman–Crippen LogP) is 3.19. The lowest BCUT2D eigenvalue weighted by Gasteiger charge is -2.36. The van der Waals surface area contributed by atoms with Crippen LogP contribution in [-0.2, 0) is 6.61 Å². The smallest absolute Gasteiger partial charge is 0.0702 e. The first-order chi connectivity index (χ1) is 8.22. The summed E-state index contributed by atoms with van der Waals surface area (Å²) in [7, 11) is 2.16. The van der Waals surface area contributed by atoms with Gasteiger partial charge in [0.2, 0.25) is 0 Å². The highest BCUT2D eigenvalue weighted by atomic mass is 16.3. The maximum Gasteiger partial charge on any atom is 0.0702 e. The van der Waals surface area contributed by atoms with E-state index in [1.165, 1.54) is 31.4 Å². The molecule has 17 heavy (non-hydrogen) atoms. The maximum absolute atomic E-state index is 9.39. The number of nitrogens with zero attached hydrogens (tertiary/aromatic N) is 1. The molecule has 0 saturated heterocycles. The Morgan fingerprint density at radius 2 is 2.06 bits per heavy atom. The fraction of sp³-hybridized carbons (Fsp3) is 0.600. The molecule has 0 radical (unpaired) electrons. The molecule has 0 heterocycles. The van der Waals surface area contributed by atoms with Crippen molar-refractivity contribution < 1.29 is 5.11 Å². The molecule has 94 valence electrons. The summed E-state index contributed by atoms with van der Waals surface area (Å²) in [6, 6.07) is 8.80. The van der Waals surface area contributed by atoms with Gasteiger partial charge in [-0.05, 0) is 24.8 Å². The van der Waals surface area contributed by atoms with E-state index in [-0.39, 0.29) is 6.61 Å². The summed E-state index contributed by atoms with van der Waals surface area (Å²) in [6.45, 7) is 2.47. The van der Waals surface area contributed by atoms with Crippen molar-refractivity contribution in [2.45, 2.75) is 45.3 Å². The van der Waals surface area contributed by atoms with Gasteiger partial charge in [-0.2, -0.15) is 0 Å². The number of para-hydroxylation sites is 1. The number of rotatable bonds is 3. The van der Waals surface area contributed by atoms with Gasteiger partial charge in [0.1, 0.15) is 0 Å². The second-order valence-electron chi connectivity index (χ2n) is 5.32. The van der Waals surface area contributed by atoms with Crippen LogP contribution in [0.3, 0.4) is 0 Å². The van der Waals surface area contributed by atoms with E-state index in [4.69, 9.17) is 0 Å². The van der Waals surface area contributed by atoms with Gasteiger partial charge in [-0.25, -0.2) is 0 Å². The molecule has 2 nitrogen and oxygen atoms in total. The number of aliphatic hydroxyl groups excluding tert-OH is 1. The Kier molecular flexibility index (Phi) is 4.06. The summed E-state index contributed by atoms with van der Waals surface area (Å²) in [5.41, 5.74) is 2.22. The van der Waals surface area contributed by atoms with E-state index in [0.717, 1.165) is 11.5 Å². The molecular weight excluding hydrogens is 210 g/mol. The van der Waals surface area contributed by atoms with E-state index in [0.29, 0.717) is 6.04 Å². The topological polar surface area (TPSA) is 23.5 Å². The summed E-state index contributed by atoms with van der Waals surface area (Å²) in [5.74, 6) is 0.831. The van der Waals surface area contributed by atoms with Gasteiger partial charge < -0.3 is 10.0 Å². The third-order valence-electron chi connectivity index (χ3n) is 4.00. The molecule has 1 aliphatic carbocycles. The Morgan fingerprint density at radius 1 is 1.29 bits per heavy atom. The van der Waals surface area contributed by atoms with Crippen LogP contribution in [0, 0.1) is 5.92 Å². The zero-order valence-electron chi connectivity index (χ0n) is 10.9. The van der Waals surface area contributed by atoms with Gasteiger partial charge in [0.15, 0.2) is 0 Å². The lowest BCUT2D eigenvalue weighted by molar-refractivity contribution is 0.281. The van der Waals surface area contributed by atoms with E-state index in [2.05, 4.69) is 31.0 Å². The van der Waals surface area contributed by atoms with Crippen LogP contribution < -0.4 is 4.90 Å². The summed E-state index contributed by atoms with van der Waals surface area (Å²) < 4.78 is 0. The molecule has 2 heteroatoms. The molecule has 0 aliphatic heterocycles. The van der Waals surface area contributed by atoms with Crippen LogP contribution in [0.25, 0.3) is 0 Å². The van der Waals surface area contributed by atoms with Gasteiger partial charge in [-0.15, -0.1) is 0 Å². The minimum absolute atomic E-state index is 0.128. The van der Waals surface area contributed by atoms with E-state index >= 15 is 0 Å². The van der Waals surface area contributed by atoms with Gasteiger partial charge in [-0.3, -0.25) is 0 Å². The minimum Gasteiger partial charge on any atom is -0.392 e. The van der Waals surface area contributed by atoms with Gasteiger partial charge >= 0.3 is 0 Å². The Hall–Kier alpha value is -1.02. The van der Waals surface area contributed by atoms with Crippen molar-refractivity contribution in [3.05, 3.63) is 29.8 Å². The second kappa shape index (κ2) is 5.54. The molecule has 1 aliphatic rings. The van der Waals surface area contributed by atoms with Crippen molar-refractivity contribution in [3.63, 3.8) is 0 Å². The van der Waals surface area contributed by atoms with Crippen molar-refractivity contribution in [1.29, 1.82) is 0 Å². The molecule has 2 rings (SSSR count). The Labute approximate surface area is 104 Å². The Balaban J connectivity index is 2.15. The molecule has 2 unspecified atom stereocenters. The fourth-order valence-corrected chi connectivity index (χ4v) is 2.94. The first-order valence-corrected chi connectivity index (χ1v) is 6.64. The molecular formula is C15H23NO. The Bertz CT molecular complexity index is 364. The minimum atomic E-state index is 0.128. The average molecular weight is 233 g/mol. The number of benzene rings is 1. The van der Waals surface area contributed by atoms with Crippen LogP contribution in [0.15, 0.2) is 24.3 Å². The van der Waals surface area contributed by atoms with E-state index in [1.807, 2.05) is 12.1 Å². The van der Waals surface area contributed by atoms with Crippen LogP contribution >= 0.6 is 0 Å². The van der Waals surface area contributed by atoms with Crippen LogP contribution in [0.2, 0.25) is 0 Å². The number of hydrogen-bond donors (Lipinski definition) is 1. The molecule has 2 atom stereocenters. The molecule has 1 aromatic carbocycles. The molecule has 1 aromatic rings. The van der Waals surface area contributed by atoms with E-state index in [9.17, 15) is 5.11 Å². The molecule has 0 spiro atoms. The molecule has 1 saturated carbocycles. The van der Waals surface area contributed by atoms with E-state index in [1.54, 1.807) is 0 Å². The largest absolute Gasteiger partial charge is 0.392 e. The average Bonchev–Trinajstić information content (AvgIpc) is 2.38. The van der Waals surface area contributed by atoms with Crippen molar-refractivity contribution in [3.8, 4) is 0 Å². The normalized spacial score (nSPS) is 24.6. The van der Waals surface area contributed by atoms with Crippen LogP contribution in [0.1, 0.15) is 38.2 Å².